The summed E-state index contributed by atoms with van der Waals surface area (Å²) in [6.45, 7) is 10.1. The fourth-order valence-corrected chi connectivity index (χ4v) is 2.51. The number of hydrogen-bond donors (Lipinski definition) is 1. The van der Waals surface area contributed by atoms with Gasteiger partial charge in [0.25, 0.3) is 6.43 Å². The van der Waals surface area contributed by atoms with Crippen LogP contribution in [0.3, 0.4) is 0 Å². The second-order valence-corrected chi connectivity index (χ2v) is 5.89. The van der Waals surface area contributed by atoms with Crippen LogP contribution >= 0.6 is 0 Å². The van der Waals surface area contributed by atoms with E-state index in [1.54, 1.807) is 0 Å². The third-order valence-corrected chi connectivity index (χ3v) is 3.48. The Hall–Kier alpha value is -0.220. The van der Waals surface area contributed by atoms with Crippen LogP contribution in [0.5, 0.6) is 0 Å². The van der Waals surface area contributed by atoms with Crippen LogP contribution in [0.1, 0.15) is 34.1 Å². The molecule has 2 unspecified atom stereocenters. The maximum Gasteiger partial charge on any atom is 0.251 e. The first-order chi connectivity index (χ1) is 7.90. The minimum Gasteiger partial charge on any atom is -0.311 e. The van der Waals surface area contributed by atoms with Gasteiger partial charge in [0.1, 0.15) is 0 Å². The molecule has 0 aromatic rings. The molecule has 0 amide bonds. The molecule has 0 radical (unpaired) electrons. The molecular weight excluding hydrogens is 222 g/mol. The molecule has 2 atom stereocenters. The molecule has 102 valence electrons. The molecule has 0 aromatic heterocycles. The first kappa shape index (κ1) is 14.8. The van der Waals surface area contributed by atoms with E-state index < -0.39 is 6.43 Å². The van der Waals surface area contributed by atoms with Crippen molar-refractivity contribution in [2.75, 3.05) is 19.6 Å². The van der Waals surface area contributed by atoms with Gasteiger partial charge in [-0.05, 0) is 18.3 Å². The van der Waals surface area contributed by atoms with Gasteiger partial charge in [0.15, 0.2) is 0 Å². The molecule has 1 fully saturated rings. The van der Waals surface area contributed by atoms with Crippen LogP contribution in [-0.2, 0) is 0 Å². The minimum atomic E-state index is -2.23. The average Bonchev–Trinajstić information content (AvgIpc) is 2.18. The third kappa shape index (κ3) is 4.88. The number of nitrogens with zero attached hydrogens (tertiary/aromatic N) is 1. The zero-order valence-corrected chi connectivity index (χ0v) is 11.4. The number of nitrogens with one attached hydrogen (secondary N) is 1. The molecule has 0 aliphatic carbocycles. The smallest absolute Gasteiger partial charge is 0.251 e. The van der Waals surface area contributed by atoms with Crippen molar-refractivity contribution in [1.29, 1.82) is 0 Å². The summed E-state index contributed by atoms with van der Waals surface area (Å²) in [5, 5.41) is 3.49. The summed E-state index contributed by atoms with van der Waals surface area (Å²) in [6, 6.07) is 0.608. The van der Waals surface area contributed by atoms with Crippen LogP contribution in [0.4, 0.5) is 8.78 Å². The van der Waals surface area contributed by atoms with Gasteiger partial charge in [0.05, 0.1) is 6.54 Å². The Kier molecular flexibility index (Phi) is 5.80. The summed E-state index contributed by atoms with van der Waals surface area (Å²) in [6.07, 6.45) is -1.24. The van der Waals surface area contributed by atoms with Crippen LogP contribution in [0.15, 0.2) is 0 Å². The van der Waals surface area contributed by atoms with Gasteiger partial charge in [0.2, 0.25) is 0 Å². The van der Waals surface area contributed by atoms with Gasteiger partial charge in [0, 0.05) is 25.2 Å². The van der Waals surface area contributed by atoms with Crippen LogP contribution in [-0.4, -0.2) is 43.0 Å². The lowest BCUT2D eigenvalue weighted by molar-refractivity contribution is 0.0306. The Labute approximate surface area is 104 Å². The van der Waals surface area contributed by atoms with Crippen LogP contribution in [0.25, 0.3) is 0 Å². The highest BCUT2D eigenvalue weighted by atomic mass is 19.3. The monoisotopic (exact) mass is 248 g/mol. The van der Waals surface area contributed by atoms with E-state index >= 15 is 0 Å². The highest BCUT2D eigenvalue weighted by Gasteiger charge is 2.30. The molecule has 2 nitrogen and oxygen atoms in total. The Morgan fingerprint density at radius 2 is 1.88 bits per heavy atom. The Balaban J connectivity index is 2.58. The summed E-state index contributed by atoms with van der Waals surface area (Å²) in [5.41, 5.74) is 0. The first-order valence-electron chi connectivity index (χ1n) is 6.65. The predicted octanol–water partition coefficient (Wildman–Crippen LogP) is 2.60. The van der Waals surface area contributed by atoms with E-state index in [1.807, 2.05) is 4.90 Å². The SMILES string of the molecule is CC(C)CC1CNC(C(C)C)CN1CC(F)F. The molecule has 0 bridgehead atoms. The number of rotatable bonds is 5. The molecular formula is C13H26F2N2. The van der Waals surface area contributed by atoms with Crippen molar-refractivity contribution in [3.8, 4) is 0 Å². The molecule has 1 N–H and O–H groups in total. The first-order valence-corrected chi connectivity index (χ1v) is 6.65. The van der Waals surface area contributed by atoms with E-state index in [2.05, 4.69) is 33.0 Å². The largest absolute Gasteiger partial charge is 0.311 e. The molecule has 1 heterocycles. The highest BCUT2D eigenvalue weighted by molar-refractivity contribution is 4.88. The minimum absolute atomic E-state index is 0.0811. The van der Waals surface area contributed by atoms with Gasteiger partial charge in [-0.25, -0.2) is 8.78 Å². The van der Waals surface area contributed by atoms with E-state index in [4.69, 9.17) is 0 Å². The highest BCUT2D eigenvalue weighted by Crippen LogP contribution is 2.19. The van der Waals surface area contributed by atoms with Crippen molar-refractivity contribution >= 4 is 0 Å². The summed E-state index contributed by atoms with van der Waals surface area (Å²) in [5.74, 6) is 1.05. The Bertz CT molecular complexity index is 219. The second kappa shape index (κ2) is 6.64. The van der Waals surface area contributed by atoms with Gasteiger partial charge < -0.3 is 5.32 Å². The van der Waals surface area contributed by atoms with Crippen LogP contribution in [0.2, 0.25) is 0 Å². The van der Waals surface area contributed by atoms with Crippen molar-refractivity contribution in [2.45, 2.75) is 52.6 Å². The van der Waals surface area contributed by atoms with E-state index in [1.165, 1.54) is 0 Å². The van der Waals surface area contributed by atoms with E-state index in [0.717, 1.165) is 19.5 Å². The van der Waals surface area contributed by atoms with Gasteiger partial charge in [-0.2, -0.15) is 0 Å². The van der Waals surface area contributed by atoms with Crippen molar-refractivity contribution in [1.82, 2.24) is 10.2 Å². The lowest BCUT2D eigenvalue weighted by Gasteiger charge is -2.42. The predicted molar refractivity (Wildman–Crippen MR) is 67.4 cm³/mol. The maximum atomic E-state index is 12.6. The number of alkyl halides is 2. The average molecular weight is 248 g/mol. The third-order valence-electron chi connectivity index (χ3n) is 3.48. The summed E-state index contributed by atoms with van der Waals surface area (Å²) in [4.78, 5) is 1.98. The molecule has 0 spiro atoms. The second-order valence-electron chi connectivity index (χ2n) is 5.89. The van der Waals surface area contributed by atoms with Gasteiger partial charge in [-0.3, -0.25) is 4.90 Å². The van der Waals surface area contributed by atoms with Crippen molar-refractivity contribution in [3.05, 3.63) is 0 Å². The number of hydrogen-bond acceptors (Lipinski definition) is 2. The zero-order chi connectivity index (χ0) is 13.0. The van der Waals surface area contributed by atoms with Crippen LogP contribution < -0.4 is 5.32 Å². The summed E-state index contributed by atoms with van der Waals surface area (Å²) < 4.78 is 25.2. The number of halogens is 2. The summed E-state index contributed by atoms with van der Waals surface area (Å²) in [7, 11) is 0. The number of piperazine rings is 1. The van der Waals surface area contributed by atoms with E-state index in [0.29, 0.717) is 17.9 Å². The van der Waals surface area contributed by atoms with Crippen molar-refractivity contribution < 1.29 is 8.78 Å². The van der Waals surface area contributed by atoms with Gasteiger partial charge in [-0.1, -0.05) is 27.7 Å². The fourth-order valence-electron chi connectivity index (χ4n) is 2.51. The zero-order valence-electron chi connectivity index (χ0n) is 11.4. The normalized spacial score (nSPS) is 27.4. The summed E-state index contributed by atoms with van der Waals surface area (Å²) >= 11 is 0. The maximum absolute atomic E-state index is 12.6. The standard InChI is InChI=1S/C13H26F2N2/c1-9(2)5-11-6-16-12(10(3)4)7-17(11)8-13(14)15/h9-13,16H,5-8H2,1-4H3. The Morgan fingerprint density at radius 3 is 2.35 bits per heavy atom. The quantitative estimate of drug-likeness (QED) is 0.804. The molecule has 0 saturated carbocycles. The van der Waals surface area contributed by atoms with Crippen LogP contribution in [0, 0.1) is 11.8 Å². The van der Waals surface area contributed by atoms with E-state index in [-0.39, 0.29) is 12.6 Å². The lowest BCUT2D eigenvalue weighted by Crippen LogP contribution is -2.59. The molecule has 0 aromatic carbocycles. The molecule has 1 aliphatic rings. The van der Waals surface area contributed by atoms with Gasteiger partial charge in [-0.15, -0.1) is 0 Å². The molecule has 1 aliphatic heterocycles. The molecule has 1 rings (SSSR count). The molecule has 4 heteroatoms. The van der Waals surface area contributed by atoms with Crippen molar-refractivity contribution in [2.24, 2.45) is 11.8 Å². The van der Waals surface area contributed by atoms with Gasteiger partial charge >= 0.3 is 0 Å². The molecule has 1 saturated heterocycles. The lowest BCUT2D eigenvalue weighted by atomic mass is 9.95. The van der Waals surface area contributed by atoms with E-state index in [9.17, 15) is 8.78 Å². The van der Waals surface area contributed by atoms with Crippen molar-refractivity contribution in [3.63, 3.8) is 0 Å². The topological polar surface area (TPSA) is 15.3 Å². The Morgan fingerprint density at radius 1 is 1.24 bits per heavy atom. The molecule has 17 heavy (non-hydrogen) atoms. The fraction of sp³-hybridized carbons (Fsp3) is 1.00.